The third-order valence-electron chi connectivity index (χ3n) is 2.15. The van der Waals surface area contributed by atoms with Crippen molar-refractivity contribution in [1.82, 2.24) is 0 Å². The highest BCUT2D eigenvalue weighted by Crippen LogP contribution is 2.21. The Morgan fingerprint density at radius 3 is 2.88 bits per heavy atom. The Hall–Kier alpha value is -0.580. The fourth-order valence-corrected chi connectivity index (χ4v) is 2.81. The van der Waals surface area contributed by atoms with Crippen LogP contribution in [-0.4, -0.2) is 23.7 Å². The van der Waals surface area contributed by atoms with Crippen LogP contribution in [0.1, 0.15) is 12.8 Å². The SMILES string of the molecule is COCCCCS(=O)c1cc(Cl)ccc1N. The van der Waals surface area contributed by atoms with Gasteiger partial charge in [0, 0.05) is 30.2 Å². The third kappa shape index (κ3) is 4.12. The van der Waals surface area contributed by atoms with E-state index in [1.807, 2.05) is 0 Å². The van der Waals surface area contributed by atoms with Crippen molar-refractivity contribution in [3.8, 4) is 0 Å². The molecule has 0 heterocycles. The van der Waals surface area contributed by atoms with Gasteiger partial charge in [-0.2, -0.15) is 0 Å². The first-order valence-corrected chi connectivity index (χ1v) is 6.77. The molecule has 1 rings (SSSR count). The van der Waals surface area contributed by atoms with Crippen molar-refractivity contribution in [2.24, 2.45) is 0 Å². The second-order valence-corrected chi connectivity index (χ2v) is 5.41. The van der Waals surface area contributed by atoms with E-state index in [1.165, 1.54) is 0 Å². The van der Waals surface area contributed by atoms with Gasteiger partial charge in [0.2, 0.25) is 0 Å². The van der Waals surface area contributed by atoms with Gasteiger partial charge in [0.25, 0.3) is 0 Å². The maximum atomic E-state index is 11.9. The maximum absolute atomic E-state index is 11.9. The van der Waals surface area contributed by atoms with Gasteiger partial charge in [-0.15, -0.1) is 0 Å². The molecule has 0 radical (unpaired) electrons. The first kappa shape index (κ1) is 13.5. The van der Waals surface area contributed by atoms with Crippen LogP contribution in [0.4, 0.5) is 5.69 Å². The summed E-state index contributed by atoms with van der Waals surface area (Å²) in [6, 6.07) is 5.05. The van der Waals surface area contributed by atoms with Gasteiger partial charge in [0.15, 0.2) is 0 Å². The lowest BCUT2D eigenvalue weighted by atomic mass is 10.3. The molecule has 0 aliphatic heterocycles. The molecule has 0 fully saturated rings. The van der Waals surface area contributed by atoms with E-state index in [4.69, 9.17) is 22.1 Å². The molecule has 5 heteroatoms. The first-order chi connectivity index (χ1) is 7.65. The minimum absolute atomic E-state index is 0.537. The van der Waals surface area contributed by atoms with Crippen LogP contribution in [0.25, 0.3) is 0 Å². The number of halogens is 1. The molecule has 0 aliphatic rings. The second-order valence-electron chi connectivity index (χ2n) is 3.43. The van der Waals surface area contributed by atoms with Gasteiger partial charge < -0.3 is 10.5 Å². The predicted molar refractivity (Wildman–Crippen MR) is 68.2 cm³/mol. The van der Waals surface area contributed by atoms with Crippen LogP contribution in [-0.2, 0) is 15.5 Å². The Morgan fingerprint density at radius 2 is 2.19 bits per heavy atom. The van der Waals surface area contributed by atoms with Gasteiger partial charge >= 0.3 is 0 Å². The number of ether oxygens (including phenoxy) is 1. The van der Waals surface area contributed by atoms with Crippen molar-refractivity contribution in [1.29, 1.82) is 0 Å². The number of nitrogen functional groups attached to an aromatic ring is 1. The topological polar surface area (TPSA) is 52.3 Å². The average Bonchev–Trinajstić information content (AvgIpc) is 2.27. The number of nitrogens with two attached hydrogens (primary N) is 1. The van der Waals surface area contributed by atoms with E-state index in [1.54, 1.807) is 25.3 Å². The highest BCUT2D eigenvalue weighted by molar-refractivity contribution is 7.85. The molecular formula is C11H16ClNO2S. The molecular weight excluding hydrogens is 246 g/mol. The summed E-state index contributed by atoms with van der Waals surface area (Å²) in [5.41, 5.74) is 6.28. The molecule has 16 heavy (non-hydrogen) atoms. The highest BCUT2D eigenvalue weighted by atomic mass is 35.5. The molecule has 0 bridgehead atoms. The molecule has 1 unspecified atom stereocenters. The van der Waals surface area contributed by atoms with Crippen LogP contribution in [0.3, 0.4) is 0 Å². The van der Waals surface area contributed by atoms with Gasteiger partial charge in [-0.3, -0.25) is 4.21 Å². The first-order valence-electron chi connectivity index (χ1n) is 5.07. The predicted octanol–water partition coefficient (Wildman–Crippen LogP) is 2.46. The van der Waals surface area contributed by atoms with E-state index in [-0.39, 0.29) is 0 Å². The van der Waals surface area contributed by atoms with Gasteiger partial charge in [0.1, 0.15) is 0 Å². The molecule has 1 aromatic rings. The Kier molecular flexibility index (Phi) is 5.80. The van der Waals surface area contributed by atoms with Crippen molar-refractivity contribution in [2.75, 3.05) is 25.2 Å². The Bertz CT molecular complexity index is 371. The van der Waals surface area contributed by atoms with Gasteiger partial charge in [0.05, 0.1) is 15.7 Å². The highest BCUT2D eigenvalue weighted by Gasteiger charge is 2.08. The lowest BCUT2D eigenvalue weighted by Gasteiger charge is -2.06. The van der Waals surface area contributed by atoms with E-state index in [0.29, 0.717) is 28.0 Å². The van der Waals surface area contributed by atoms with Crippen LogP contribution in [0, 0.1) is 0 Å². The summed E-state index contributed by atoms with van der Waals surface area (Å²) >= 11 is 5.83. The lowest BCUT2D eigenvalue weighted by molar-refractivity contribution is 0.194. The smallest absolute Gasteiger partial charge is 0.0632 e. The van der Waals surface area contributed by atoms with Crippen LogP contribution in [0.15, 0.2) is 23.1 Å². The Labute approximate surface area is 103 Å². The number of rotatable bonds is 6. The van der Waals surface area contributed by atoms with Crippen molar-refractivity contribution in [2.45, 2.75) is 17.7 Å². The zero-order valence-electron chi connectivity index (χ0n) is 9.24. The summed E-state index contributed by atoms with van der Waals surface area (Å²) in [7, 11) is 0.585. The van der Waals surface area contributed by atoms with Gasteiger partial charge in [-0.05, 0) is 31.0 Å². The summed E-state index contributed by atoms with van der Waals surface area (Å²) in [6.07, 6.45) is 1.76. The average molecular weight is 262 g/mol. The number of benzene rings is 1. The van der Waals surface area contributed by atoms with E-state index < -0.39 is 10.8 Å². The minimum atomic E-state index is -1.07. The quantitative estimate of drug-likeness (QED) is 0.632. The lowest BCUT2D eigenvalue weighted by Crippen LogP contribution is -2.03. The number of hydrogen-bond acceptors (Lipinski definition) is 3. The number of unbranched alkanes of at least 4 members (excludes halogenated alkanes) is 1. The standard InChI is InChI=1S/C11H16ClNO2S/c1-15-6-2-3-7-16(14)11-8-9(12)4-5-10(11)13/h4-5,8H,2-3,6-7,13H2,1H3. The summed E-state index contributed by atoms with van der Waals surface area (Å²) in [6.45, 7) is 0.697. The van der Waals surface area contributed by atoms with Crippen LogP contribution in [0.5, 0.6) is 0 Å². The number of anilines is 1. The Morgan fingerprint density at radius 1 is 1.44 bits per heavy atom. The molecule has 0 amide bonds. The molecule has 0 aromatic heterocycles. The maximum Gasteiger partial charge on any atom is 0.0632 e. The van der Waals surface area contributed by atoms with Crippen LogP contribution < -0.4 is 5.73 Å². The molecule has 0 aliphatic carbocycles. The number of methoxy groups -OCH3 is 1. The van der Waals surface area contributed by atoms with Gasteiger partial charge in [-0.25, -0.2) is 0 Å². The summed E-state index contributed by atoms with van der Waals surface area (Å²) in [5, 5.41) is 0.564. The van der Waals surface area contributed by atoms with Crippen LogP contribution >= 0.6 is 11.6 Å². The number of hydrogen-bond donors (Lipinski definition) is 1. The summed E-state index contributed by atoms with van der Waals surface area (Å²) in [4.78, 5) is 0.630. The Balaban J connectivity index is 2.55. The zero-order chi connectivity index (χ0) is 12.0. The minimum Gasteiger partial charge on any atom is -0.398 e. The molecule has 0 saturated heterocycles. The van der Waals surface area contributed by atoms with Crippen molar-refractivity contribution in [3.05, 3.63) is 23.2 Å². The van der Waals surface area contributed by atoms with E-state index >= 15 is 0 Å². The largest absolute Gasteiger partial charge is 0.398 e. The third-order valence-corrected chi connectivity index (χ3v) is 3.89. The summed E-state index contributed by atoms with van der Waals surface area (Å²) < 4.78 is 16.8. The molecule has 1 aromatic carbocycles. The normalized spacial score (nSPS) is 12.6. The molecule has 0 spiro atoms. The van der Waals surface area contributed by atoms with E-state index in [2.05, 4.69) is 0 Å². The van der Waals surface area contributed by atoms with E-state index in [9.17, 15) is 4.21 Å². The monoisotopic (exact) mass is 261 g/mol. The molecule has 3 nitrogen and oxygen atoms in total. The molecule has 2 N–H and O–H groups in total. The van der Waals surface area contributed by atoms with Crippen LogP contribution in [0.2, 0.25) is 5.02 Å². The van der Waals surface area contributed by atoms with Crippen molar-refractivity contribution >= 4 is 28.1 Å². The van der Waals surface area contributed by atoms with Crippen molar-refractivity contribution < 1.29 is 8.95 Å². The summed E-state index contributed by atoms with van der Waals surface area (Å²) in [5.74, 6) is 0.591. The fourth-order valence-electron chi connectivity index (χ4n) is 1.29. The molecule has 1 atom stereocenters. The van der Waals surface area contributed by atoms with Crippen molar-refractivity contribution in [3.63, 3.8) is 0 Å². The van der Waals surface area contributed by atoms with Gasteiger partial charge in [-0.1, -0.05) is 11.6 Å². The molecule has 0 saturated carbocycles. The zero-order valence-corrected chi connectivity index (χ0v) is 10.8. The molecule has 90 valence electrons. The van der Waals surface area contributed by atoms with E-state index in [0.717, 1.165) is 12.8 Å². The second kappa shape index (κ2) is 6.89. The fraction of sp³-hybridized carbons (Fsp3) is 0.455.